The minimum atomic E-state index is -4.33. The quantitative estimate of drug-likeness (QED) is 0.873. The minimum absolute atomic E-state index is 0.100. The van der Waals surface area contributed by atoms with Gasteiger partial charge in [0, 0.05) is 6.54 Å². The lowest BCUT2D eigenvalue weighted by Crippen LogP contribution is -2.51. The summed E-state index contributed by atoms with van der Waals surface area (Å²) < 4.78 is 37.4. The number of carbonyl (C=O) groups excluding carboxylic acids is 1. The zero-order chi connectivity index (χ0) is 13.3. The number of hydrogen-bond acceptors (Lipinski definition) is 2. The lowest BCUT2D eigenvalue weighted by molar-refractivity contribution is -0.156. The third-order valence-electron chi connectivity index (χ3n) is 3.06. The van der Waals surface area contributed by atoms with Gasteiger partial charge in [0.15, 0.2) is 0 Å². The average Bonchev–Trinajstić information content (AvgIpc) is 2.25. The maximum atomic E-state index is 12.5. The molecular formula is C12H13F3N2O. The third kappa shape index (κ3) is 2.81. The molecule has 1 amide bonds. The number of fused-ring (bicyclic) bond motifs is 1. The predicted octanol–water partition coefficient (Wildman–Crippen LogP) is 1.46. The Balaban J connectivity index is 2.26. The Hall–Kier alpha value is -1.56. The van der Waals surface area contributed by atoms with Crippen molar-refractivity contribution in [1.29, 1.82) is 0 Å². The van der Waals surface area contributed by atoms with Crippen molar-refractivity contribution >= 4 is 5.91 Å². The summed E-state index contributed by atoms with van der Waals surface area (Å²) >= 11 is 0. The molecule has 0 unspecified atom stereocenters. The van der Waals surface area contributed by atoms with Crippen LogP contribution in [0, 0.1) is 0 Å². The number of carbonyl (C=O) groups is 1. The summed E-state index contributed by atoms with van der Waals surface area (Å²) in [7, 11) is 0. The summed E-state index contributed by atoms with van der Waals surface area (Å²) in [6.45, 7) is -1.02. The first-order valence-corrected chi connectivity index (χ1v) is 5.54. The van der Waals surface area contributed by atoms with Gasteiger partial charge in [0.05, 0.1) is 12.6 Å². The van der Waals surface area contributed by atoms with Gasteiger partial charge in [0.1, 0.15) is 0 Å². The number of nitrogens with two attached hydrogens (primary N) is 1. The molecule has 0 fully saturated rings. The second-order valence-electron chi connectivity index (χ2n) is 4.41. The molecule has 98 valence electrons. The summed E-state index contributed by atoms with van der Waals surface area (Å²) in [5.41, 5.74) is 6.89. The molecule has 1 aromatic rings. The SMILES string of the molecule is NC(=O)[C@H]1Cc2ccccc2CN1CC(F)(F)F. The Labute approximate surface area is 102 Å². The third-order valence-corrected chi connectivity index (χ3v) is 3.06. The molecule has 0 bridgehead atoms. The number of benzene rings is 1. The molecule has 0 saturated carbocycles. The molecule has 6 heteroatoms. The zero-order valence-corrected chi connectivity index (χ0v) is 9.57. The maximum Gasteiger partial charge on any atom is 0.401 e. The van der Waals surface area contributed by atoms with Gasteiger partial charge in [-0.15, -0.1) is 0 Å². The fourth-order valence-electron chi connectivity index (χ4n) is 2.25. The van der Waals surface area contributed by atoms with Crippen molar-refractivity contribution in [2.24, 2.45) is 5.73 Å². The summed E-state index contributed by atoms with van der Waals surface area (Å²) in [6.07, 6.45) is -4.10. The van der Waals surface area contributed by atoms with Crippen LogP contribution in [-0.2, 0) is 17.8 Å². The van der Waals surface area contributed by atoms with Crippen LogP contribution in [0.15, 0.2) is 24.3 Å². The number of hydrogen-bond donors (Lipinski definition) is 1. The van der Waals surface area contributed by atoms with Crippen LogP contribution >= 0.6 is 0 Å². The Morgan fingerprint density at radius 1 is 1.33 bits per heavy atom. The van der Waals surface area contributed by atoms with Crippen LogP contribution in [0.1, 0.15) is 11.1 Å². The number of amides is 1. The van der Waals surface area contributed by atoms with Gasteiger partial charge in [0.2, 0.25) is 5.91 Å². The van der Waals surface area contributed by atoms with E-state index in [1.807, 2.05) is 6.07 Å². The number of nitrogens with zero attached hydrogens (tertiary/aromatic N) is 1. The van der Waals surface area contributed by atoms with Crippen molar-refractivity contribution in [3.8, 4) is 0 Å². The van der Waals surface area contributed by atoms with E-state index in [0.717, 1.165) is 16.0 Å². The highest BCUT2D eigenvalue weighted by molar-refractivity contribution is 5.80. The first-order chi connectivity index (χ1) is 8.37. The monoisotopic (exact) mass is 258 g/mol. The molecule has 2 rings (SSSR count). The molecule has 1 heterocycles. The van der Waals surface area contributed by atoms with Gasteiger partial charge in [-0.05, 0) is 17.5 Å². The highest BCUT2D eigenvalue weighted by Crippen LogP contribution is 2.26. The molecule has 0 spiro atoms. The Bertz CT molecular complexity index is 459. The minimum Gasteiger partial charge on any atom is -0.368 e. The maximum absolute atomic E-state index is 12.5. The molecule has 0 saturated heterocycles. The smallest absolute Gasteiger partial charge is 0.368 e. The van der Waals surface area contributed by atoms with E-state index < -0.39 is 24.7 Å². The summed E-state index contributed by atoms with van der Waals surface area (Å²) in [5.74, 6) is -0.714. The molecule has 0 radical (unpaired) electrons. The highest BCUT2D eigenvalue weighted by Gasteiger charge is 2.38. The van der Waals surface area contributed by atoms with Crippen molar-refractivity contribution in [2.45, 2.75) is 25.2 Å². The number of alkyl halides is 3. The lowest BCUT2D eigenvalue weighted by atomic mass is 9.93. The molecule has 18 heavy (non-hydrogen) atoms. The van der Waals surface area contributed by atoms with Gasteiger partial charge in [-0.2, -0.15) is 13.2 Å². The Morgan fingerprint density at radius 3 is 2.50 bits per heavy atom. The molecule has 0 aliphatic carbocycles. The molecule has 2 N–H and O–H groups in total. The second-order valence-corrected chi connectivity index (χ2v) is 4.41. The molecule has 1 aromatic carbocycles. The first-order valence-electron chi connectivity index (χ1n) is 5.54. The van der Waals surface area contributed by atoms with E-state index in [9.17, 15) is 18.0 Å². The number of rotatable bonds is 2. The summed E-state index contributed by atoms with van der Waals surface area (Å²) in [6, 6.07) is 6.28. The van der Waals surface area contributed by atoms with Crippen LogP contribution in [0.5, 0.6) is 0 Å². The topological polar surface area (TPSA) is 46.3 Å². The van der Waals surface area contributed by atoms with E-state index in [0.29, 0.717) is 0 Å². The first kappa shape index (κ1) is 12.9. The molecule has 1 atom stereocenters. The summed E-state index contributed by atoms with van der Waals surface area (Å²) in [5, 5.41) is 0. The molecule has 1 aliphatic heterocycles. The van der Waals surface area contributed by atoms with E-state index in [1.165, 1.54) is 0 Å². The van der Waals surface area contributed by atoms with Gasteiger partial charge in [-0.3, -0.25) is 9.69 Å². The van der Waals surface area contributed by atoms with Crippen LogP contribution in [0.4, 0.5) is 13.2 Å². The van der Waals surface area contributed by atoms with E-state index in [-0.39, 0.29) is 13.0 Å². The van der Waals surface area contributed by atoms with Crippen LogP contribution in [0.2, 0.25) is 0 Å². The average molecular weight is 258 g/mol. The van der Waals surface area contributed by atoms with Crippen molar-refractivity contribution in [3.05, 3.63) is 35.4 Å². The van der Waals surface area contributed by atoms with Gasteiger partial charge in [-0.25, -0.2) is 0 Å². The molecule has 1 aliphatic rings. The summed E-state index contributed by atoms with van der Waals surface area (Å²) in [4.78, 5) is 12.4. The zero-order valence-electron chi connectivity index (χ0n) is 9.57. The second kappa shape index (κ2) is 4.61. The van der Waals surface area contributed by atoms with E-state index >= 15 is 0 Å². The van der Waals surface area contributed by atoms with Crippen molar-refractivity contribution < 1.29 is 18.0 Å². The van der Waals surface area contributed by atoms with Crippen molar-refractivity contribution in [2.75, 3.05) is 6.54 Å². The van der Waals surface area contributed by atoms with Gasteiger partial charge in [0.25, 0.3) is 0 Å². The molecule has 0 aromatic heterocycles. The Morgan fingerprint density at radius 2 is 1.94 bits per heavy atom. The van der Waals surface area contributed by atoms with Gasteiger partial charge < -0.3 is 5.73 Å². The predicted molar refractivity (Wildman–Crippen MR) is 59.6 cm³/mol. The van der Waals surface area contributed by atoms with Crippen molar-refractivity contribution in [1.82, 2.24) is 4.90 Å². The fourth-order valence-corrected chi connectivity index (χ4v) is 2.25. The fraction of sp³-hybridized carbons (Fsp3) is 0.417. The molecule has 3 nitrogen and oxygen atoms in total. The Kier molecular flexibility index (Phi) is 3.30. The van der Waals surface area contributed by atoms with E-state index in [2.05, 4.69) is 0 Å². The van der Waals surface area contributed by atoms with Gasteiger partial charge >= 0.3 is 6.18 Å². The standard InChI is InChI=1S/C12H13F3N2O/c13-12(14,15)7-17-6-9-4-2-1-3-8(9)5-10(17)11(16)18/h1-4,10H,5-7H2,(H2,16,18)/t10-/m1/s1. The lowest BCUT2D eigenvalue weighted by Gasteiger charge is -2.35. The van der Waals surface area contributed by atoms with Gasteiger partial charge in [-0.1, -0.05) is 24.3 Å². The molecular weight excluding hydrogens is 245 g/mol. The van der Waals surface area contributed by atoms with Crippen LogP contribution < -0.4 is 5.73 Å². The van der Waals surface area contributed by atoms with Crippen LogP contribution in [0.25, 0.3) is 0 Å². The largest absolute Gasteiger partial charge is 0.401 e. The van der Waals surface area contributed by atoms with Crippen LogP contribution in [0.3, 0.4) is 0 Å². The number of primary amides is 1. The van der Waals surface area contributed by atoms with E-state index in [4.69, 9.17) is 5.73 Å². The van der Waals surface area contributed by atoms with E-state index in [1.54, 1.807) is 18.2 Å². The normalized spacial score (nSPS) is 20.5. The number of halogens is 3. The van der Waals surface area contributed by atoms with Crippen molar-refractivity contribution in [3.63, 3.8) is 0 Å². The highest BCUT2D eigenvalue weighted by atomic mass is 19.4. The van der Waals surface area contributed by atoms with Crippen LogP contribution in [-0.4, -0.2) is 29.6 Å².